The van der Waals surface area contributed by atoms with Gasteiger partial charge in [0.25, 0.3) is 0 Å². The molecule has 5 nitrogen and oxygen atoms in total. The largest absolute Gasteiger partial charge is 0.437 e. The minimum Gasteiger partial charge on any atom is -0.437 e. The fraction of sp³-hybridized carbons (Fsp3) is 0.350. The average molecular weight is 382 g/mol. The number of benzene rings is 1. The van der Waals surface area contributed by atoms with E-state index in [0.717, 1.165) is 33.7 Å². The van der Waals surface area contributed by atoms with Crippen LogP contribution in [0.4, 0.5) is 4.39 Å². The Morgan fingerprint density at radius 1 is 1.26 bits per heavy atom. The summed E-state index contributed by atoms with van der Waals surface area (Å²) in [7, 11) is 0. The zero-order valence-electron chi connectivity index (χ0n) is 15.3. The van der Waals surface area contributed by atoms with E-state index >= 15 is 0 Å². The molecule has 0 bridgehead atoms. The summed E-state index contributed by atoms with van der Waals surface area (Å²) in [6.07, 6.45) is 2.38. The molecule has 1 aliphatic rings. The summed E-state index contributed by atoms with van der Waals surface area (Å²) in [5.41, 5.74) is 0.933. The molecule has 1 aliphatic heterocycles. The van der Waals surface area contributed by atoms with Crippen LogP contribution in [0.5, 0.6) is 11.6 Å². The molecule has 0 amide bonds. The summed E-state index contributed by atoms with van der Waals surface area (Å²) < 4.78 is 19.9. The number of fused-ring (bicyclic) bond motifs is 1. The number of ether oxygens (including phenoxy) is 1. The predicted molar refractivity (Wildman–Crippen MR) is 103 cm³/mol. The number of hydrogen-bond donors (Lipinski definition) is 0. The Morgan fingerprint density at radius 3 is 2.78 bits per heavy atom. The summed E-state index contributed by atoms with van der Waals surface area (Å²) in [4.78, 5) is 13.7. The van der Waals surface area contributed by atoms with Gasteiger partial charge < -0.3 is 4.74 Å². The molecule has 138 valence electrons. The molecule has 4 rings (SSSR count). The van der Waals surface area contributed by atoms with Crippen molar-refractivity contribution in [2.45, 2.75) is 33.2 Å². The molecule has 2 aromatic heterocycles. The minimum absolute atomic E-state index is 0.116. The van der Waals surface area contributed by atoms with Gasteiger partial charge in [0, 0.05) is 4.88 Å². The van der Waals surface area contributed by atoms with Crippen LogP contribution in [-0.2, 0) is 6.54 Å². The maximum absolute atomic E-state index is 14.0. The van der Waals surface area contributed by atoms with Gasteiger partial charge >= 0.3 is 0 Å². The molecule has 0 atom stereocenters. The first-order chi connectivity index (χ1) is 13.1. The number of rotatable bonds is 4. The van der Waals surface area contributed by atoms with Gasteiger partial charge in [-0.25, -0.2) is 9.37 Å². The molecule has 1 fully saturated rings. The second kappa shape index (κ2) is 7.22. The van der Waals surface area contributed by atoms with Crippen LogP contribution in [0.3, 0.4) is 0 Å². The molecule has 3 heterocycles. The monoisotopic (exact) mass is 382 g/mol. The molecular weight excluding hydrogens is 363 g/mol. The third-order valence-electron chi connectivity index (χ3n) is 4.90. The summed E-state index contributed by atoms with van der Waals surface area (Å²) in [6, 6.07) is 6.24. The molecular formula is C20H19FN4OS. The van der Waals surface area contributed by atoms with Crippen LogP contribution in [0, 0.1) is 31.0 Å². The summed E-state index contributed by atoms with van der Waals surface area (Å²) in [5.74, 6) is 0.650. The first kappa shape index (κ1) is 17.8. The van der Waals surface area contributed by atoms with Crippen LogP contribution < -0.4 is 4.74 Å². The van der Waals surface area contributed by atoms with Crippen molar-refractivity contribution in [3.63, 3.8) is 0 Å². The standard InChI is InChI=1S/C20H19FN4OS/c1-12-13(2)27-20-18(12)19(23-17(24-20)11-25-8-3-4-9-25)26-16-7-5-6-15(21)14(16)10-22/h5-7H,3-4,8-9,11H2,1-2H3. The number of hydrogen-bond acceptors (Lipinski definition) is 6. The number of likely N-dealkylation sites (tertiary alicyclic amines) is 1. The number of nitriles is 1. The molecule has 0 saturated carbocycles. The van der Waals surface area contributed by atoms with Crippen molar-refractivity contribution < 1.29 is 9.13 Å². The van der Waals surface area contributed by atoms with Crippen molar-refractivity contribution in [1.29, 1.82) is 5.26 Å². The van der Waals surface area contributed by atoms with E-state index < -0.39 is 5.82 Å². The van der Waals surface area contributed by atoms with Crippen molar-refractivity contribution in [1.82, 2.24) is 14.9 Å². The lowest BCUT2D eigenvalue weighted by Gasteiger charge is -2.15. The highest BCUT2D eigenvalue weighted by Gasteiger charge is 2.20. The van der Waals surface area contributed by atoms with Crippen molar-refractivity contribution in [3.05, 3.63) is 45.8 Å². The smallest absolute Gasteiger partial charge is 0.231 e. The fourth-order valence-corrected chi connectivity index (χ4v) is 4.38. The van der Waals surface area contributed by atoms with E-state index in [4.69, 9.17) is 9.72 Å². The Morgan fingerprint density at radius 2 is 2.04 bits per heavy atom. The Labute approximate surface area is 161 Å². The van der Waals surface area contributed by atoms with E-state index in [9.17, 15) is 9.65 Å². The second-order valence-electron chi connectivity index (χ2n) is 6.72. The summed E-state index contributed by atoms with van der Waals surface area (Å²) >= 11 is 1.60. The van der Waals surface area contributed by atoms with Crippen molar-refractivity contribution in [2.75, 3.05) is 13.1 Å². The Bertz CT molecular complexity index is 1050. The Hall–Kier alpha value is -2.56. The van der Waals surface area contributed by atoms with Gasteiger partial charge in [-0.2, -0.15) is 10.2 Å². The van der Waals surface area contributed by atoms with E-state index in [0.29, 0.717) is 18.2 Å². The topological polar surface area (TPSA) is 62.0 Å². The number of aromatic nitrogens is 2. The number of thiophene rings is 1. The van der Waals surface area contributed by atoms with Gasteiger partial charge in [-0.05, 0) is 57.5 Å². The SMILES string of the molecule is Cc1sc2nc(CN3CCCC3)nc(Oc3cccc(F)c3C#N)c2c1C. The highest BCUT2D eigenvalue weighted by molar-refractivity contribution is 7.18. The van der Waals surface area contributed by atoms with Gasteiger partial charge in [0.15, 0.2) is 0 Å². The third kappa shape index (κ3) is 3.38. The highest BCUT2D eigenvalue weighted by atomic mass is 32.1. The Balaban J connectivity index is 1.80. The van der Waals surface area contributed by atoms with Gasteiger partial charge in [-0.3, -0.25) is 4.90 Å². The van der Waals surface area contributed by atoms with Gasteiger partial charge in [0.05, 0.1) is 11.9 Å². The van der Waals surface area contributed by atoms with Crippen LogP contribution in [-0.4, -0.2) is 28.0 Å². The lowest BCUT2D eigenvalue weighted by Crippen LogP contribution is -2.20. The molecule has 1 aromatic carbocycles. The molecule has 0 N–H and O–H groups in total. The molecule has 0 unspecified atom stereocenters. The summed E-state index contributed by atoms with van der Waals surface area (Å²) in [6.45, 7) is 6.79. The summed E-state index contributed by atoms with van der Waals surface area (Å²) in [5, 5.41) is 10.1. The van der Waals surface area contributed by atoms with Gasteiger partial charge in [-0.1, -0.05) is 6.07 Å². The van der Waals surface area contributed by atoms with Crippen molar-refractivity contribution in [3.8, 4) is 17.7 Å². The maximum Gasteiger partial charge on any atom is 0.231 e. The molecule has 0 radical (unpaired) electrons. The Kier molecular flexibility index (Phi) is 4.77. The van der Waals surface area contributed by atoms with Crippen molar-refractivity contribution >= 4 is 21.6 Å². The van der Waals surface area contributed by atoms with Gasteiger partial charge in [-0.15, -0.1) is 11.3 Å². The van der Waals surface area contributed by atoms with Crippen LogP contribution in [0.25, 0.3) is 10.2 Å². The van der Waals surface area contributed by atoms with Crippen LogP contribution in [0.15, 0.2) is 18.2 Å². The maximum atomic E-state index is 14.0. The zero-order valence-corrected chi connectivity index (χ0v) is 16.1. The normalized spacial score (nSPS) is 14.6. The first-order valence-electron chi connectivity index (χ1n) is 8.92. The van der Waals surface area contributed by atoms with Crippen LogP contribution >= 0.6 is 11.3 Å². The van der Waals surface area contributed by atoms with Crippen molar-refractivity contribution in [2.24, 2.45) is 0 Å². The molecule has 7 heteroatoms. The van der Waals surface area contributed by atoms with E-state index in [2.05, 4.69) is 9.88 Å². The number of nitrogens with zero attached hydrogens (tertiary/aromatic N) is 4. The predicted octanol–water partition coefficient (Wildman–Crippen LogP) is 4.71. The average Bonchev–Trinajstić information content (AvgIpc) is 3.24. The molecule has 3 aromatic rings. The number of aryl methyl sites for hydroxylation is 2. The third-order valence-corrected chi connectivity index (χ3v) is 6.00. The van der Waals surface area contributed by atoms with E-state index in [1.54, 1.807) is 17.4 Å². The lowest BCUT2D eigenvalue weighted by molar-refractivity contribution is 0.321. The van der Waals surface area contributed by atoms with E-state index in [-0.39, 0.29) is 11.3 Å². The van der Waals surface area contributed by atoms with Gasteiger partial charge in [0.2, 0.25) is 5.88 Å². The first-order valence-corrected chi connectivity index (χ1v) is 9.74. The van der Waals surface area contributed by atoms with Gasteiger partial charge in [0.1, 0.15) is 33.9 Å². The van der Waals surface area contributed by atoms with Crippen LogP contribution in [0.1, 0.15) is 34.7 Å². The molecule has 0 aliphatic carbocycles. The minimum atomic E-state index is -0.601. The quantitative estimate of drug-likeness (QED) is 0.654. The molecule has 1 saturated heterocycles. The number of halogens is 1. The van der Waals surface area contributed by atoms with Crippen LogP contribution in [0.2, 0.25) is 0 Å². The highest BCUT2D eigenvalue weighted by Crippen LogP contribution is 2.37. The molecule has 0 spiro atoms. The zero-order chi connectivity index (χ0) is 19.0. The lowest BCUT2D eigenvalue weighted by atomic mass is 10.2. The van der Waals surface area contributed by atoms with E-state index in [1.165, 1.54) is 25.0 Å². The fourth-order valence-electron chi connectivity index (χ4n) is 3.34. The molecule has 27 heavy (non-hydrogen) atoms. The second-order valence-corrected chi connectivity index (χ2v) is 7.92. The van der Waals surface area contributed by atoms with E-state index in [1.807, 2.05) is 19.9 Å².